The highest BCUT2D eigenvalue weighted by atomic mass is 16.7. The van der Waals surface area contributed by atoms with Gasteiger partial charge in [-0.3, -0.25) is 0 Å². The Labute approximate surface area is 114 Å². The molecule has 0 unspecified atom stereocenters. The lowest BCUT2D eigenvalue weighted by molar-refractivity contribution is -0.206. The van der Waals surface area contributed by atoms with Gasteiger partial charge >= 0.3 is 0 Å². The predicted octanol–water partition coefficient (Wildman–Crippen LogP) is 3.13. The molecule has 0 bridgehead atoms. The lowest BCUT2D eigenvalue weighted by Gasteiger charge is -2.39. The fraction of sp³-hybridized carbons (Fsp3) is 0.625. The average molecular weight is 262 g/mol. The number of hydrogen-bond donors (Lipinski definition) is 0. The summed E-state index contributed by atoms with van der Waals surface area (Å²) < 4.78 is 17.6. The summed E-state index contributed by atoms with van der Waals surface area (Å²) in [6.07, 6.45) is 3.25. The summed E-state index contributed by atoms with van der Waals surface area (Å²) in [5.74, 6) is 0.182. The van der Waals surface area contributed by atoms with E-state index in [4.69, 9.17) is 14.2 Å². The van der Waals surface area contributed by atoms with Crippen LogP contribution in [0.2, 0.25) is 0 Å². The van der Waals surface area contributed by atoms with Gasteiger partial charge in [0, 0.05) is 12.8 Å². The van der Waals surface area contributed by atoms with E-state index in [1.807, 2.05) is 6.07 Å². The molecular formula is C16H22O3. The van der Waals surface area contributed by atoms with Crippen molar-refractivity contribution < 1.29 is 14.2 Å². The first-order chi connectivity index (χ1) is 9.27. The molecule has 0 N–H and O–H groups in total. The van der Waals surface area contributed by atoms with E-state index in [0.29, 0.717) is 18.6 Å². The molecule has 3 heteroatoms. The standard InChI is InChI=1S/C16H22O3/c1-13-11-16(18-9-10-19-16)8-7-15(13)17-12-14-5-3-2-4-6-14/h2-6,13,15H,7-12H2,1H3/t13-,15+/m0/s1. The lowest BCUT2D eigenvalue weighted by atomic mass is 9.83. The van der Waals surface area contributed by atoms with Gasteiger partial charge < -0.3 is 14.2 Å². The highest BCUT2D eigenvalue weighted by Gasteiger charge is 2.43. The van der Waals surface area contributed by atoms with Gasteiger partial charge in [0.05, 0.1) is 25.9 Å². The predicted molar refractivity (Wildman–Crippen MR) is 72.7 cm³/mol. The molecule has 1 saturated carbocycles. The van der Waals surface area contributed by atoms with Crippen molar-refractivity contribution in [3.63, 3.8) is 0 Å². The summed E-state index contributed by atoms with van der Waals surface area (Å²) in [5, 5.41) is 0. The van der Waals surface area contributed by atoms with Crippen molar-refractivity contribution in [1.82, 2.24) is 0 Å². The van der Waals surface area contributed by atoms with Gasteiger partial charge in [0.25, 0.3) is 0 Å². The van der Waals surface area contributed by atoms with Gasteiger partial charge in [0.1, 0.15) is 0 Å². The molecule has 1 aliphatic heterocycles. The molecule has 1 aromatic rings. The first kappa shape index (κ1) is 13.1. The molecule has 2 fully saturated rings. The first-order valence-corrected chi connectivity index (χ1v) is 7.21. The van der Waals surface area contributed by atoms with Crippen molar-refractivity contribution >= 4 is 0 Å². The van der Waals surface area contributed by atoms with Crippen LogP contribution in [-0.4, -0.2) is 25.1 Å². The van der Waals surface area contributed by atoms with Crippen molar-refractivity contribution in [2.75, 3.05) is 13.2 Å². The highest BCUT2D eigenvalue weighted by Crippen LogP contribution is 2.39. The third kappa shape index (κ3) is 2.99. The van der Waals surface area contributed by atoms with Gasteiger partial charge in [-0.1, -0.05) is 37.3 Å². The molecule has 3 nitrogen and oxygen atoms in total. The van der Waals surface area contributed by atoms with Crippen molar-refractivity contribution in [3.8, 4) is 0 Å². The molecule has 1 heterocycles. The minimum atomic E-state index is -0.300. The molecule has 0 radical (unpaired) electrons. The molecule has 19 heavy (non-hydrogen) atoms. The Hall–Kier alpha value is -0.900. The van der Waals surface area contributed by atoms with Gasteiger partial charge in [-0.2, -0.15) is 0 Å². The summed E-state index contributed by atoms with van der Waals surface area (Å²) in [7, 11) is 0. The van der Waals surface area contributed by atoms with Gasteiger partial charge in [0.2, 0.25) is 0 Å². The first-order valence-electron chi connectivity index (χ1n) is 7.21. The van der Waals surface area contributed by atoms with E-state index in [9.17, 15) is 0 Å². The van der Waals surface area contributed by atoms with E-state index in [1.54, 1.807) is 0 Å². The summed E-state index contributed by atoms with van der Waals surface area (Å²) >= 11 is 0. The summed E-state index contributed by atoms with van der Waals surface area (Å²) in [6, 6.07) is 10.4. The number of rotatable bonds is 3. The maximum atomic E-state index is 6.07. The second kappa shape index (κ2) is 5.61. The SMILES string of the molecule is C[C@H]1CC2(CC[C@H]1OCc1ccccc1)OCCO2. The van der Waals surface area contributed by atoms with E-state index in [-0.39, 0.29) is 5.79 Å². The maximum Gasteiger partial charge on any atom is 0.168 e. The largest absolute Gasteiger partial charge is 0.373 e. The number of ether oxygens (including phenoxy) is 3. The van der Waals surface area contributed by atoms with Crippen LogP contribution in [0.1, 0.15) is 31.7 Å². The Kier molecular flexibility index (Phi) is 3.87. The second-order valence-electron chi connectivity index (χ2n) is 5.66. The maximum absolute atomic E-state index is 6.07. The summed E-state index contributed by atoms with van der Waals surface area (Å²) in [5.41, 5.74) is 1.24. The minimum absolute atomic E-state index is 0.300. The molecule has 1 spiro atoms. The number of benzene rings is 1. The Morgan fingerprint density at radius 3 is 2.63 bits per heavy atom. The van der Waals surface area contributed by atoms with Gasteiger partial charge in [-0.15, -0.1) is 0 Å². The van der Waals surface area contributed by atoms with Crippen LogP contribution in [0.25, 0.3) is 0 Å². The average Bonchev–Trinajstić information content (AvgIpc) is 2.87. The second-order valence-corrected chi connectivity index (χ2v) is 5.66. The molecular weight excluding hydrogens is 240 g/mol. The molecule has 0 aromatic heterocycles. The molecule has 3 rings (SSSR count). The van der Waals surface area contributed by atoms with E-state index >= 15 is 0 Å². The zero-order valence-corrected chi connectivity index (χ0v) is 11.5. The molecule has 2 aliphatic rings. The van der Waals surface area contributed by atoms with Crippen molar-refractivity contribution in [2.45, 2.75) is 44.7 Å². The van der Waals surface area contributed by atoms with Crippen molar-refractivity contribution in [1.29, 1.82) is 0 Å². The van der Waals surface area contributed by atoms with E-state index in [2.05, 4.69) is 31.2 Å². The van der Waals surface area contributed by atoms with Crippen LogP contribution in [0, 0.1) is 5.92 Å². The third-order valence-electron chi connectivity index (χ3n) is 4.20. The molecule has 1 aromatic carbocycles. The quantitative estimate of drug-likeness (QED) is 0.837. The zero-order chi connectivity index (χ0) is 13.1. The van der Waals surface area contributed by atoms with Crippen LogP contribution >= 0.6 is 0 Å². The monoisotopic (exact) mass is 262 g/mol. The topological polar surface area (TPSA) is 27.7 Å². The van der Waals surface area contributed by atoms with Gasteiger partial charge in [0.15, 0.2) is 5.79 Å². The lowest BCUT2D eigenvalue weighted by Crippen LogP contribution is -2.42. The zero-order valence-electron chi connectivity index (χ0n) is 11.5. The van der Waals surface area contributed by atoms with Crippen LogP contribution < -0.4 is 0 Å². The Morgan fingerprint density at radius 1 is 1.21 bits per heavy atom. The van der Waals surface area contributed by atoms with Crippen LogP contribution in [0.5, 0.6) is 0 Å². The molecule has 0 amide bonds. The normalized spacial score (nSPS) is 29.7. The van der Waals surface area contributed by atoms with Crippen molar-refractivity contribution in [2.24, 2.45) is 5.92 Å². The summed E-state index contributed by atoms with van der Waals surface area (Å²) in [6.45, 7) is 4.41. The molecule has 1 saturated heterocycles. The highest BCUT2D eigenvalue weighted by molar-refractivity contribution is 5.13. The van der Waals surface area contributed by atoms with Crippen molar-refractivity contribution in [3.05, 3.63) is 35.9 Å². The fourth-order valence-corrected chi connectivity index (χ4v) is 3.16. The van der Waals surface area contributed by atoms with Gasteiger partial charge in [-0.25, -0.2) is 0 Å². The van der Waals surface area contributed by atoms with Crippen LogP contribution in [0.15, 0.2) is 30.3 Å². The fourth-order valence-electron chi connectivity index (χ4n) is 3.16. The molecule has 104 valence electrons. The minimum Gasteiger partial charge on any atom is -0.373 e. The van der Waals surface area contributed by atoms with E-state index in [1.165, 1.54) is 5.56 Å². The number of hydrogen-bond acceptors (Lipinski definition) is 3. The third-order valence-corrected chi connectivity index (χ3v) is 4.20. The Balaban J connectivity index is 1.53. The van der Waals surface area contributed by atoms with Crippen LogP contribution in [0.3, 0.4) is 0 Å². The Morgan fingerprint density at radius 2 is 1.95 bits per heavy atom. The molecule has 2 atom stereocenters. The van der Waals surface area contributed by atoms with Crippen LogP contribution in [-0.2, 0) is 20.8 Å². The van der Waals surface area contributed by atoms with E-state index in [0.717, 1.165) is 32.5 Å². The smallest absolute Gasteiger partial charge is 0.168 e. The van der Waals surface area contributed by atoms with Crippen LogP contribution in [0.4, 0.5) is 0 Å². The summed E-state index contributed by atoms with van der Waals surface area (Å²) in [4.78, 5) is 0. The Bertz CT molecular complexity index is 398. The van der Waals surface area contributed by atoms with E-state index < -0.39 is 0 Å². The molecule has 1 aliphatic carbocycles. The van der Waals surface area contributed by atoms with Gasteiger partial charge in [-0.05, 0) is 17.9 Å².